The number of nitrogens with zero attached hydrogens (tertiary/aromatic N) is 1. The molecule has 0 saturated carbocycles. The number of carbonyl (C=O) groups is 1. The molecule has 0 radical (unpaired) electrons. The second-order valence-electron chi connectivity index (χ2n) is 6.48. The molecule has 1 N–H and O–H groups in total. The molecule has 1 amide bonds. The summed E-state index contributed by atoms with van der Waals surface area (Å²) in [6, 6.07) is 7.89. The molecule has 1 aromatic heterocycles. The van der Waals surface area contributed by atoms with Crippen LogP contribution in [0.25, 0.3) is 11.1 Å². The molecule has 156 valence electrons. The third kappa shape index (κ3) is 4.61. The normalized spacial score (nSPS) is 12.0. The summed E-state index contributed by atoms with van der Waals surface area (Å²) in [6.07, 6.45) is -6.66. The third-order valence-electron chi connectivity index (χ3n) is 4.37. The van der Waals surface area contributed by atoms with E-state index in [4.69, 9.17) is 0 Å². The van der Waals surface area contributed by atoms with Crippen molar-refractivity contribution in [3.63, 3.8) is 0 Å². The highest BCUT2D eigenvalue weighted by molar-refractivity contribution is 6.05. The van der Waals surface area contributed by atoms with E-state index in [-0.39, 0.29) is 11.3 Å². The van der Waals surface area contributed by atoms with Crippen molar-refractivity contribution in [1.82, 2.24) is 4.98 Å². The Morgan fingerprint density at radius 1 is 0.900 bits per heavy atom. The summed E-state index contributed by atoms with van der Waals surface area (Å²) >= 11 is 0. The van der Waals surface area contributed by atoms with Crippen LogP contribution < -0.4 is 5.32 Å². The van der Waals surface area contributed by atoms with Gasteiger partial charge in [-0.1, -0.05) is 12.1 Å². The standard InChI is InChI=1S/C21H14F6N2O/c1-12-11-28-9-8-16(12)19(30)29-15-5-2-13(3-6-15)17-10-14(20(22,23)24)4-7-18(17)21(25,26)27/h2-11H,1H3,(H,29,30). The van der Waals surface area contributed by atoms with Crippen molar-refractivity contribution >= 4 is 11.6 Å². The number of hydrogen-bond acceptors (Lipinski definition) is 2. The quantitative estimate of drug-likeness (QED) is 0.498. The molecule has 2 aromatic carbocycles. The number of halogens is 6. The molecule has 3 aromatic rings. The smallest absolute Gasteiger partial charge is 0.322 e. The number of amides is 1. The fourth-order valence-electron chi connectivity index (χ4n) is 2.87. The number of carbonyl (C=O) groups excluding carboxylic acids is 1. The molecule has 0 saturated heterocycles. The van der Waals surface area contributed by atoms with Gasteiger partial charge in [-0.05, 0) is 60.0 Å². The number of pyridine rings is 1. The van der Waals surface area contributed by atoms with Gasteiger partial charge in [-0.25, -0.2) is 0 Å². The summed E-state index contributed by atoms with van der Waals surface area (Å²) in [5, 5.41) is 2.59. The van der Waals surface area contributed by atoms with Crippen molar-refractivity contribution in [2.45, 2.75) is 19.3 Å². The van der Waals surface area contributed by atoms with Crippen LogP contribution in [0.3, 0.4) is 0 Å². The van der Waals surface area contributed by atoms with Gasteiger partial charge in [0, 0.05) is 23.6 Å². The molecule has 0 spiro atoms. The topological polar surface area (TPSA) is 42.0 Å². The van der Waals surface area contributed by atoms with Crippen LogP contribution in [0.4, 0.5) is 32.0 Å². The summed E-state index contributed by atoms with van der Waals surface area (Å²) < 4.78 is 78.8. The molecular formula is C21H14F6N2O. The van der Waals surface area contributed by atoms with Crippen molar-refractivity contribution in [3.05, 3.63) is 83.2 Å². The summed E-state index contributed by atoms with van der Waals surface area (Å²) in [6.45, 7) is 1.69. The van der Waals surface area contributed by atoms with E-state index < -0.39 is 35.0 Å². The number of anilines is 1. The predicted molar refractivity (Wildman–Crippen MR) is 98.8 cm³/mol. The molecule has 0 atom stereocenters. The van der Waals surface area contributed by atoms with E-state index in [2.05, 4.69) is 10.3 Å². The number of aryl methyl sites for hydroxylation is 1. The zero-order valence-electron chi connectivity index (χ0n) is 15.4. The van der Waals surface area contributed by atoms with Crippen LogP contribution >= 0.6 is 0 Å². The lowest BCUT2D eigenvalue weighted by Gasteiger charge is -2.16. The first-order valence-corrected chi connectivity index (χ1v) is 8.57. The first kappa shape index (κ1) is 21.4. The van der Waals surface area contributed by atoms with Crippen molar-refractivity contribution in [3.8, 4) is 11.1 Å². The summed E-state index contributed by atoms with van der Waals surface area (Å²) in [4.78, 5) is 16.2. The number of rotatable bonds is 3. The maximum Gasteiger partial charge on any atom is 0.417 e. The van der Waals surface area contributed by atoms with Gasteiger partial charge in [0.25, 0.3) is 5.91 Å². The van der Waals surface area contributed by atoms with Crippen LogP contribution in [-0.2, 0) is 12.4 Å². The van der Waals surface area contributed by atoms with Crippen LogP contribution in [-0.4, -0.2) is 10.9 Å². The lowest BCUT2D eigenvalue weighted by Crippen LogP contribution is -2.13. The Kier molecular flexibility index (Phi) is 5.56. The fourth-order valence-corrected chi connectivity index (χ4v) is 2.87. The van der Waals surface area contributed by atoms with Crippen LogP contribution in [0, 0.1) is 6.92 Å². The number of hydrogen-bond donors (Lipinski definition) is 1. The molecule has 0 bridgehead atoms. The number of alkyl halides is 6. The van der Waals surface area contributed by atoms with Crippen LogP contribution in [0.5, 0.6) is 0 Å². The molecule has 0 fully saturated rings. The van der Waals surface area contributed by atoms with Gasteiger partial charge in [-0.2, -0.15) is 26.3 Å². The van der Waals surface area contributed by atoms with Gasteiger partial charge in [-0.3, -0.25) is 9.78 Å². The summed E-state index contributed by atoms with van der Waals surface area (Å²) in [5.74, 6) is -0.447. The average Bonchev–Trinajstić information content (AvgIpc) is 2.67. The number of benzene rings is 2. The highest BCUT2D eigenvalue weighted by Crippen LogP contribution is 2.40. The zero-order chi connectivity index (χ0) is 22.1. The Balaban J connectivity index is 1.94. The van der Waals surface area contributed by atoms with E-state index in [0.29, 0.717) is 29.3 Å². The van der Waals surface area contributed by atoms with Crippen LogP contribution in [0.1, 0.15) is 27.0 Å². The lowest BCUT2D eigenvalue weighted by atomic mass is 9.96. The SMILES string of the molecule is Cc1cnccc1C(=O)Nc1ccc(-c2cc(C(F)(F)F)ccc2C(F)(F)F)cc1. The molecule has 0 unspecified atom stereocenters. The Hall–Kier alpha value is -3.36. The van der Waals surface area contributed by atoms with Gasteiger partial charge >= 0.3 is 12.4 Å². The van der Waals surface area contributed by atoms with Crippen LogP contribution in [0.2, 0.25) is 0 Å². The van der Waals surface area contributed by atoms with E-state index in [1.807, 2.05) is 0 Å². The van der Waals surface area contributed by atoms with Gasteiger partial charge in [0.05, 0.1) is 11.1 Å². The minimum Gasteiger partial charge on any atom is -0.322 e. The first-order chi connectivity index (χ1) is 14.0. The minimum atomic E-state index is -4.83. The summed E-state index contributed by atoms with van der Waals surface area (Å²) in [7, 11) is 0. The van der Waals surface area contributed by atoms with E-state index in [1.165, 1.54) is 42.7 Å². The summed E-state index contributed by atoms with van der Waals surface area (Å²) in [5.41, 5.74) is -1.75. The van der Waals surface area contributed by atoms with Crippen molar-refractivity contribution < 1.29 is 31.1 Å². The van der Waals surface area contributed by atoms with Crippen molar-refractivity contribution in [2.24, 2.45) is 0 Å². The maximum absolute atomic E-state index is 13.3. The van der Waals surface area contributed by atoms with Crippen LogP contribution in [0.15, 0.2) is 60.9 Å². The van der Waals surface area contributed by atoms with E-state index in [1.54, 1.807) is 6.92 Å². The van der Waals surface area contributed by atoms with Crippen molar-refractivity contribution in [2.75, 3.05) is 5.32 Å². The van der Waals surface area contributed by atoms with Gasteiger partial charge in [0.1, 0.15) is 0 Å². The van der Waals surface area contributed by atoms with E-state index >= 15 is 0 Å². The van der Waals surface area contributed by atoms with Gasteiger partial charge < -0.3 is 5.32 Å². The Morgan fingerprint density at radius 3 is 2.13 bits per heavy atom. The predicted octanol–water partition coefficient (Wildman–Crippen LogP) is 6.35. The highest BCUT2D eigenvalue weighted by atomic mass is 19.4. The molecule has 0 aliphatic heterocycles. The Labute approximate surface area is 167 Å². The molecule has 30 heavy (non-hydrogen) atoms. The molecule has 3 rings (SSSR count). The molecular weight excluding hydrogens is 410 g/mol. The first-order valence-electron chi connectivity index (χ1n) is 8.57. The molecule has 0 aliphatic rings. The monoisotopic (exact) mass is 424 g/mol. The molecule has 0 aliphatic carbocycles. The number of nitrogens with one attached hydrogen (secondary N) is 1. The highest BCUT2D eigenvalue weighted by Gasteiger charge is 2.37. The number of aromatic nitrogens is 1. The zero-order valence-corrected chi connectivity index (χ0v) is 15.4. The maximum atomic E-state index is 13.3. The fraction of sp³-hybridized carbons (Fsp3) is 0.143. The lowest BCUT2D eigenvalue weighted by molar-refractivity contribution is -0.141. The minimum absolute atomic E-state index is 0.0634. The second kappa shape index (κ2) is 7.81. The van der Waals surface area contributed by atoms with Gasteiger partial charge in [0.2, 0.25) is 0 Å². The molecule has 9 heteroatoms. The molecule has 1 heterocycles. The second-order valence-corrected chi connectivity index (χ2v) is 6.48. The third-order valence-corrected chi connectivity index (χ3v) is 4.37. The van der Waals surface area contributed by atoms with Gasteiger partial charge in [0.15, 0.2) is 0 Å². The Morgan fingerprint density at radius 2 is 1.57 bits per heavy atom. The van der Waals surface area contributed by atoms with Crippen molar-refractivity contribution in [1.29, 1.82) is 0 Å². The Bertz CT molecular complexity index is 1070. The van der Waals surface area contributed by atoms with E-state index in [9.17, 15) is 31.1 Å². The molecule has 3 nitrogen and oxygen atoms in total. The van der Waals surface area contributed by atoms with Gasteiger partial charge in [-0.15, -0.1) is 0 Å². The van der Waals surface area contributed by atoms with E-state index in [0.717, 1.165) is 0 Å². The average molecular weight is 424 g/mol. The largest absolute Gasteiger partial charge is 0.417 e.